The Morgan fingerprint density at radius 3 is 2.50 bits per heavy atom. The predicted molar refractivity (Wildman–Crippen MR) is 91.9 cm³/mol. The Bertz CT molecular complexity index is 1150. The third kappa shape index (κ3) is 3.47. The van der Waals surface area contributed by atoms with E-state index < -0.39 is 26.8 Å². The number of nitrogens with zero attached hydrogens (tertiary/aromatic N) is 5. The summed E-state index contributed by atoms with van der Waals surface area (Å²) < 4.78 is 39.7. The summed E-state index contributed by atoms with van der Waals surface area (Å²) in [5, 5.41) is 16.8. The zero-order valence-electron chi connectivity index (χ0n) is 12.8. The minimum atomic E-state index is -4.48. The Balaban J connectivity index is 1.97. The van der Waals surface area contributed by atoms with Gasteiger partial charge in [0.2, 0.25) is 11.8 Å². The highest BCUT2D eigenvalue weighted by Crippen LogP contribution is 2.30. The van der Waals surface area contributed by atoms with Gasteiger partial charge in [0.25, 0.3) is 10.1 Å². The van der Waals surface area contributed by atoms with E-state index in [1.54, 1.807) is 36.4 Å². The molecule has 9 nitrogen and oxygen atoms in total. The number of nitriles is 1. The van der Waals surface area contributed by atoms with E-state index in [1.165, 1.54) is 6.07 Å². The molecule has 0 aliphatic rings. The lowest BCUT2D eigenvalue weighted by molar-refractivity contribution is 0.0979. The fourth-order valence-electron chi connectivity index (χ4n) is 2.14. The van der Waals surface area contributed by atoms with E-state index in [-0.39, 0.29) is 16.7 Å². The van der Waals surface area contributed by atoms with Crippen LogP contribution in [0.5, 0.6) is 0 Å². The molecule has 130 valence electrons. The molecule has 0 aliphatic carbocycles. The Morgan fingerprint density at radius 2 is 1.85 bits per heavy atom. The van der Waals surface area contributed by atoms with Crippen molar-refractivity contribution in [1.29, 1.82) is 5.26 Å². The van der Waals surface area contributed by atoms with Crippen LogP contribution in [-0.4, -0.2) is 33.5 Å². The van der Waals surface area contributed by atoms with Crippen molar-refractivity contribution in [3.63, 3.8) is 0 Å². The summed E-state index contributed by atoms with van der Waals surface area (Å²) in [6.07, 6.45) is 0. The number of azo groups is 1. The summed E-state index contributed by atoms with van der Waals surface area (Å²) in [6, 6.07) is 11.0. The number of rotatable bonds is 5. The first-order valence-corrected chi connectivity index (χ1v) is 9.21. The van der Waals surface area contributed by atoms with Crippen molar-refractivity contribution in [1.82, 2.24) is 8.75 Å². The van der Waals surface area contributed by atoms with Gasteiger partial charge in [-0.05, 0) is 12.1 Å². The topological polar surface area (TPSA) is 146 Å². The molecule has 0 aliphatic heterocycles. The highest BCUT2D eigenvalue weighted by atomic mass is 32.2. The number of benzene rings is 2. The second kappa shape index (κ2) is 7.04. The van der Waals surface area contributed by atoms with Crippen LogP contribution in [0.1, 0.15) is 10.4 Å². The highest BCUT2D eigenvalue weighted by molar-refractivity contribution is 7.86. The molecule has 0 saturated heterocycles. The lowest BCUT2D eigenvalue weighted by Gasteiger charge is -2.03. The predicted octanol–water partition coefficient (Wildman–Crippen LogP) is 2.80. The molecule has 3 rings (SSSR count). The summed E-state index contributed by atoms with van der Waals surface area (Å²) in [7, 11) is -4.48. The molecule has 0 radical (unpaired) electrons. The van der Waals surface area contributed by atoms with Crippen LogP contribution < -0.4 is 0 Å². The molecule has 1 atom stereocenters. The summed E-state index contributed by atoms with van der Waals surface area (Å²) in [4.78, 5) is 11.9. The lowest BCUT2D eigenvalue weighted by atomic mass is 10.1. The molecular weight excluding hydrogens is 378 g/mol. The van der Waals surface area contributed by atoms with Crippen molar-refractivity contribution in [2.24, 2.45) is 10.2 Å². The smallest absolute Gasteiger partial charge is 0.290 e. The molecule has 1 heterocycles. The fraction of sp³-hybridized carbons (Fsp3) is 0.0667. The normalized spacial score (nSPS) is 12.9. The fourth-order valence-corrected chi connectivity index (χ4v) is 3.39. The minimum absolute atomic E-state index is 0.0585. The number of carbonyl (C=O) groups is 1. The van der Waals surface area contributed by atoms with Gasteiger partial charge in [-0.2, -0.15) is 32.7 Å². The van der Waals surface area contributed by atoms with Crippen LogP contribution in [0.15, 0.2) is 57.6 Å². The molecule has 0 spiro atoms. The zero-order chi connectivity index (χ0) is 18.7. The van der Waals surface area contributed by atoms with Crippen molar-refractivity contribution in [2.75, 3.05) is 0 Å². The largest absolute Gasteiger partial charge is 0.296 e. The van der Waals surface area contributed by atoms with Crippen LogP contribution in [-0.2, 0) is 10.1 Å². The van der Waals surface area contributed by atoms with Crippen LogP contribution in [0.25, 0.3) is 11.0 Å². The SMILES string of the molecule is N#CC(N=Nc1ccc(S(=O)(=O)O)c2nsnc12)C(=O)c1ccccc1. The van der Waals surface area contributed by atoms with Gasteiger partial charge < -0.3 is 0 Å². The lowest BCUT2D eigenvalue weighted by Crippen LogP contribution is -2.16. The van der Waals surface area contributed by atoms with Crippen LogP contribution in [0.2, 0.25) is 0 Å². The molecule has 0 amide bonds. The van der Waals surface area contributed by atoms with Crippen molar-refractivity contribution in [2.45, 2.75) is 10.9 Å². The Hall–Kier alpha value is -3.07. The van der Waals surface area contributed by atoms with Gasteiger partial charge in [0.1, 0.15) is 21.6 Å². The van der Waals surface area contributed by atoms with Crippen LogP contribution in [0.3, 0.4) is 0 Å². The summed E-state index contributed by atoms with van der Waals surface area (Å²) in [5.74, 6) is -0.515. The minimum Gasteiger partial charge on any atom is -0.290 e. The number of fused-ring (bicyclic) bond motifs is 1. The summed E-state index contributed by atoms with van der Waals surface area (Å²) in [6.45, 7) is 0. The second-order valence-corrected chi connectivity index (χ2v) is 6.92. The van der Waals surface area contributed by atoms with Gasteiger partial charge in [-0.25, -0.2) is 0 Å². The molecular formula is C15H9N5O4S2. The average molecular weight is 387 g/mol. The van der Waals surface area contributed by atoms with Crippen molar-refractivity contribution < 1.29 is 17.8 Å². The van der Waals surface area contributed by atoms with E-state index in [0.29, 0.717) is 5.56 Å². The van der Waals surface area contributed by atoms with Gasteiger partial charge in [0.15, 0.2) is 0 Å². The van der Waals surface area contributed by atoms with Crippen LogP contribution in [0, 0.1) is 11.3 Å². The molecule has 1 N–H and O–H groups in total. The number of ketones is 1. The molecule has 1 unspecified atom stereocenters. The third-order valence-electron chi connectivity index (χ3n) is 3.34. The maximum atomic E-state index is 12.3. The molecule has 11 heteroatoms. The van der Waals surface area contributed by atoms with Gasteiger partial charge in [-0.15, -0.1) is 0 Å². The molecule has 1 aromatic heterocycles. The van der Waals surface area contributed by atoms with Gasteiger partial charge >= 0.3 is 0 Å². The van der Waals surface area contributed by atoms with E-state index in [9.17, 15) is 23.0 Å². The number of Topliss-reactive ketones (excluding diaryl/α,β-unsaturated/α-hetero) is 1. The van der Waals surface area contributed by atoms with Crippen molar-refractivity contribution in [3.05, 3.63) is 48.0 Å². The first-order chi connectivity index (χ1) is 12.4. The third-order valence-corrected chi connectivity index (χ3v) is 4.76. The quantitative estimate of drug-likeness (QED) is 0.402. The Labute approximate surface area is 151 Å². The van der Waals surface area contributed by atoms with Gasteiger partial charge in [0, 0.05) is 5.56 Å². The molecule has 0 bridgehead atoms. The number of hydrogen-bond donors (Lipinski definition) is 1. The Kier molecular flexibility index (Phi) is 4.81. The monoisotopic (exact) mass is 387 g/mol. The van der Waals surface area contributed by atoms with Gasteiger partial charge in [-0.3, -0.25) is 9.35 Å². The van der Waals surface area contributed by atoms with E-state index in [4.69, 9.17) is 0 Å². The summed E-state index contributed by atoms with van der Waals surface area (Å²) >= 11 is 0.731. The van der Waals surface area contributed by atoms with E-state index in [1.807, 2.05) is 0 Å². The van der Waals surface area contributed by atoms with Crippen LogP contribution in [0.4, 0.5) is 5.69 Å². The van der Waals surface area contributed by atoms with Gasteiger partial charge in [0.05, 0.1) is 17.8 Å². The number of carbonyl (C=O) groups excluding carboxylic acids is 1. The highest BCUT2D eigenvalue weighted by Gasteiger charge is 2.21. The van der Waals surface area contributed by atoms with Gasteiger partial charge in [-0.1, -0.05) is 30.3 Å². The number of aromatic nitrogens is 2. The molecule has 2 aromatic carbocycles. The van der Waals surface area contributed by atoms with E-state index in [0.717, 1.165) is 17.8 Å². The van der Waals surface area contributed by atoms with E-state index in [2.05, 4.69) is 19.0 Å². The molecule has 0 fully saturated rings. The molecule has 0 saturated carbocycles. The standard InChI is InChI=1S/C15H9N5O4S2/c16-8-11(15(21)9-4-2-1-3-5-9)18-17-10-6-7-12(26(22,23)24)14-13(10)19-25-20-14/h1-7,11H,(H,22,23,24). The average Bonchev–Trinajstić information content (AvgIpc) is 3.11. The van der Waals surface area contributed by atoms with Crippen molar-refractivity contribution in [3.8, 4) is 6.07 Å². The van der Waals surface area contributed by atoms with Crippen molar-refractivity contribution >= 4 is 44.4 Å². The maximum Gasteiger partial charge on any atom is 0.296 e. The zero-order valence-corrected chi connectivity index (χ0v) is 14.5. The summed E-state index contributed by atoms with van der Waals surface area (Å²) in [5.41, 5.74) is 0.483. The van der Waals surface area contributed by atoms with E-state index >= 15 is 0 Å². The first-order valence-electron chi connectivity index (χ1n) is 7.04. The Morgan fingerprint density at radius 1 is 1.15 bits per heavy atom. The number of hydrogen-bond acceptors (Lipinski definition) is 9. The second-order valence-electron chi connectivity index (χ2n) is 5.00. The molecule has 26 heavy (non-hydrogen) atoms. The van der Waals surface area contributed by atoms with Crippen LogP contribution >= 0.6 is 11.7 Å². The first kappa shape index (κ1) is 17.7. The molecule has 3 aromatic rings. The maximum absolute atomic E-state index is 12.3.